The van der Waals surface area contributed by atoms with Crippen LogP contribution in [0.15, 0.2) is 30.3 Å². The number of hydrogen-bond donors (Lipinski definition) is 2. The second kappa shape index (κ2) is 12.4. The molecule has 2 heterocycles. The first kappa shape index (κ1) is 26.9. The number of nitrogens with zero attached hydrogens (tertiary/aromatic N) is 2. The van der Waals surface area contributed by atoms with Crippen LogP contribution in [-0.4, -0.2) is 64.0 Å². The van der Waals surface area contributed by atoms with Gasteiger partial charge < -0.3 is 29.7 Å². The third-order valence-corrected chi connectivity index (χ3v) is 7.49. The van der Waals surface area contributed by atoms with Gasteiger partial charge in [0.05, 0.1) is 38.9 Å². The number of para-hydroxylation sites is 1. The summed E-state index contributed by atoms with van der Waals surface area (Å²) in [7, 11) is 4.90. The lowest BCUT2D eigenvalue weighted by atomic mass is 9.99. The van der Waals surface area contributed by atoms with Gasteiger partial charge >= 0.3 is 0 Å². The van der Waals surface area contributed by atoms with E-state index in [2.05, 4.69) is 40.7 Å². The van der Waals surface area contributed by atoms with Crippen LogP contribution in [0.25, 0.3) is 0 Å². The van der Waals surface area contributed by atoms with Crippen molar-refractivity contribution in [1.82, 2.24) is 4.90 Å². The number of nitrogens with one attached hydrogen (secondary N) is 2. The first-order valence-electron chi connectivity index (χ1n) is 13.5. The number of amides is 1. The second-order valence-corrected chi connectivity index (χ2v) is 9.92. The SMILES string of the molecule is CCCCCN1CCC(Nc2cccc3c2N(C(C)=O)CC3)CC1Nc1cc(OC)c(OC)c(OC)c1. The zero-order valence-corrected chi connectivity index (χ0v) is 22.9. The van der Waals surface area contributed by atoms with Gasteiger partial charge in [-0.25, -0.2) is 0 Å². The van der Waals surface area contributed by atoms with Crippen molar-refractivity contribution < 1.29 is 19.0 Å². The molecule has 1 fully saturated rings. The first-order valence-corrected chi connectivity index (χ1v) is 13.5. The van der Waals surface area contributed by atoms with E-state index in [4.69, 9.17) is 14.2 Å². The number of fused-ring (bicyclic) bond motifs is 1. The standard InChI is InChI=1S/C29H42N4O4/c1-6-7-8-14-32-15-13-22(30-24-11-9-10-21-12-16-33(20(2)34)28(21)24)19-27(32)31-23-17-25(35-3)29(37-5)26(18-23)36-4/h9-11,17-18,22,27,30-31H,6-8,12-16,19H2,1-5H3. The van der Waals surface area contributed by atoms with Gasteiger partial charge in [-0.3, -0.25) is 9.69 Å². The van der Waals surface area contributed by atoms with Gasteiger partial charge in [-0.2, -0.15) is 0 Å². The Kier molecular flexibility index (Phi) is 9.03. The van der Waals surface area contributed by atoms with Crippen LogP contribution in [0.3, 0.4) is 0 Å². The van der Waals surface area contributed by atoms with E-state index in [0.717, 1.165) is 56.0 Å². The molecule has 2 aromatic rings. The topological polar surface area (TPSA) is 75.3 Å². The number of likely N-dealkylation sites (tertiary alicyclic amines) is 1. The van der Waals surface area contributed by atoms with Gasteiger partial charge in [-0.1, -0.05) is 31.9 Å². The maximum absolute atomic E-state index is 12.3. The van der Waals surface area contributed by atoms with Crippen molar-refractivity contribution in [2.75, 3.05) is 56.5 Å². The molecule has 37 heavy (non-hydrogen) atoms. The van der Waals surface area contributed by atoms with Crippen molar-refractivity contribution in [3.63, 3.8) is 0 Å². The van der Waals surface area contributed by atoms with Crippen LogP contribution in [0.2, 0.25) is 0 Å². The summed E-state index contributed by atoms with van der Waals surface area (Å²) in [6.45, 7) is 6.70. The Morgan fingerprint density at radius 3 is 2.43 bits per heavy atom. The van der Waals surface area contributed by atoms with Crippen LogP contribution < -0.4 is 29.7 Å². The highest BCUT2D eigenvalue weighted by Gasteiger charge is 2.31. The fourth-order valence-electron chi connectivity index (χ4n) is 5.59. The summed E-state index contributed by atoms with van der Waals surface area (Å²) in [5, 5.41) is 7.56. The van der Waals surface area contributed by atoms with Crippen molar-refractivity contribution in [3.05, 3.63) is 35.9 Å². The van der Waals surface area contributed by atoms with E-state index < -0.39 is 0 Å². The lowest BCUT2D eigenvalue weighted by molar-refractivity contribution is -0.116. The number of ether oxygens (including phenoxy) is 3. The minimum atomic E-state index is 0.0979. The maximum atomic E-state index is 12.3. The van der Waals surface area contributed by atoms with Crippen molar-refractivity contribution in [1.29, 1.82) is 0 Å². The van der Waals surface area contributed by atoms with Gasteiger partial charge in [0, 0.05) is 56.8 Å². The highest BCUT2D eigenvalue weighted by molar-refractivity contribution is 5.98. The number of piperidine rings is 1. The van der Waals surface area contributed by atoms with Gasteiger partial charge in [-0.05, 0) is 30.9 Å². The molecular formula is C29H42N4O4. The summed E-state index contributed by atoms with van der Waals surface area (Å²) in [4.78, 5) is 16.7. The van der Waals surface area contributed by atoms with E-state index in [0.29, 0.717) is 17.2 Å². The normalized spacial score (nSPS) is 19.3. The van der Waals surface area contributed by atoms with Crippen molar-refractivity contribution in [2.24, 2.45) is 0 Å². The molecular weight excluding hydrogens is 468 g/mol. The number of rotatable bonds is 11. The van der Waals surface area contributed by atoms with Crippen LogP contribution >= 0.6 is 0 Å². The Bertz CT molecular complexity index is 1050. The summed E-state index contributed by atoms with van der Waals surface area (Å²) >= 11 is 0. The molecule has 0 aliphatic carbocycles. The molecule has 202 valence electrons. The molecule has 2 aromatic carbocycles. The molecule has 0 aromatic heterocycles. The lowest BCUT2D eigenvalue weighted by Crippen LogP contribution is -2.50. The van der Waals surface area contributed by atoms with E-state index in [-0.39, 0.29) is 18.1 Å². The Labute approximate surface area is 221 Å². The summed E-state index contributed by atoms with van der Waals surface area (Å²) < 4.78 is 16.7. The van der Waals surface area contributed by atoms with E-state index in [9.17, 15) is 4.79 Å². The quantitative estimate of drug-likeness (QED) is 0.406. The zero-order valence-electron chi connectivity index (χ0n) is 22.9. The van der Waals surface area contributed by atoms with E-state index in [1.54, 1.807) is 28.3 Å². The fraction of sp³-hybridized carbons (Fsp3) is 0.552. The van der Waals surface area contributed by atoms with Gasteiger partial charge in [0.25, 0.3) is 0 Å². The third kappa shape index (κ3) is 6.06. The molecule has 2 atom stereocenters. The number of hydrogen-bond acceptors (Lipinski definition) is 7. The molecule has 0 spiro atoms. The van der Waals surface area contributed by atoms with Crippen LogP contribution in [0.1, 0.15) is 51.5 Å². The number of benzene rings is 2. The molecule has 2 N–H and O–H groups in total. The highest BCUT2D eigenvalue weighted by Crippen LogP contribution is 2.41. The number of carbonyl (C=O) groups excluding carboxylic acids is 1. The second-order valence-electron chi connectivity index (χ2n) is 9.92. The van der Waals surface area contributed by atoms with Gasteiger partial charge in [0.1, 0.15) is 0 Å². The molecule has 1 amide bonds. The van der Waals surface area contributed by atoms with Crippen molar-refractivity contribution >= 4 is 23.0 Å². The Morgan fingerprint density at radius 1 is 1.03 bits per heavy atom. The Balaban J connectivity index is 1.55. The molecule has 8 nitrogen and oxygen atoms in total. The van der Waals surface area contributed by atoms with Crippen LogP contribution in [0.4, 0.5) is 17.1 Å². The highest BCUT2D eigenvalue weighted by atomic mass is 16.5. The predicted molar refractivity (Wildman–Crippen MR) is 149 cm³/mol. The van der Waals surface area contributed by atoms with Gasteiger partial charge in [0.2, 0.25) is 11.7 Å². The number of methoxy groups -OCH3 is 3. The molecule has 2 unspecified atom stereocenters. The number of carbonyl (C=O) groups is 1. The van der Waals surface area contributed by atoms with E-state index in [1.807, 2.05) is 17.0 Å². The molecule has 2 aliphatic heterocycles. The lowest BCUT2D eigenvalue weighted by Gasteiger charge is -2.41. The van der Waals surface area contributed by atoms with Gasteiger partial charge in [0.15, 0.2) is 11.5 Å². The van der Waals surface area contributed by atoms with Crippen molar-refractivity contribution in [2.45, 2.75) is 64.6 Å². The molecule has 0 bridgehead atoms. The summed E-state index contributed by atoms with van der Waals surface area (Å²) in [5.41, 5.74) is 4.28. The van der Waals surface area contributed by atoms with E-state index in [1.165, 1.54) is 24.8 Å². The van der Waals surface area contributed by atoms with E-state index >= 15 is 0 Å². The molecule has 1 saturated heterocycles. The number of anilines is 3. The molecule has 4 rings (SSSR count). The molecule has 2 aliphatic rings. The summed E-state index contributed by atoms with van der Waals surface area (Å²) in [5.74, 6) is 1.96. The minimum Gasteiger partial charge on any atom is -0.493 e. The smallest absolute Gasteiger partial charge is 0.223 e. The Morgan fingerprint density at radius 2 is 1.78 bits per heavy atom. The number of unbranched alkanes of at least 4 members (excludes halogenated alkanes) is 2. The van der Waals surface area contributed by atoms with Crippen LogP contribution in [0, 0.1) is 0 Å². The molecule has 8 heteroatoms. The van der Waals surface area contributed by atoms with Crippen LogP contribution in [0.5, 0.6) is 17.2 Å². The summed E-state index contributed by atoms with van der Waals surface area (Å²) in [6, 6.07) is 10.6. The van der Waals surface area contributed by atoms with Crippen LogP contribution in [-0.2, 0) is 11.2 Å². The monoisotopic (exact) mass is 510 g/mol. The molecule has 0 saturated carbocycles. The van der Waals surface area contributed by atoms with Crippen molar-refractivity contribution in [3.8, 4) is 17.2 Å². The minimum absolute atomic E-state index is 0.0979. The largest absolute Gasteiger partial charge is 0.493 e. The predicted octanol–water partition coefficient (Wildman–Crippen LogP) is 5.13. The summed E-state index contributed by atoms with van der Waals surface area (Å²) in [6.07, 6.45) is 6.64. The Hall–Kier alpha value is -3.13. The third-order valence-electron chi connectivity index (χ3n) is 7.49. The molecule has 0 radical (unpaired) electrons. The fourth-order valence-corrected chi connectivity index (χ4v) is 5.59. The average molecular weight is 511 g/mol. The van der Waals surface area contributed by atoms with Gasteiger partial charge in [-0.15, -0.1) is 0 Å². The first-order chi connectivity index (χ1) is 18.0. The zero-order chi connectivity index (χ0) is 26.4. The maximum Gasteiger partial charge on any atom is 0.223 e. The average Bonchev–Trinajstić information content (AvgIpc) is 3.35.